The van der Waals surface area contributed by atoms with E-state index in [1.165, 1.54) is 19.3 Å². The van der Waals surface area contributed by atoms with Gasteiger partial charge in [0, 0.05) is 29.2 Å². The van der Waals surface area contributed by atoms with Crippen LogP contribution in [0, 0.1) is 0 Å². The van der Waals surface area contributed by atoms with Crippen molar-refractivity contribution in [2.75, 3.05) is 12.5 Å². The molecule has 100 valence electrons. The molecule has 2 aromatic rings. The van der Waals surface area contributed by atoms with E-state index >= 15 is 0 Å². The minimum absolute atomic E-state index is 0.488. The Morgan fingerprint density at radius 1 is 1.21 bits per heavy atom. The van der Waals surface area contributed by atoms with E-state index in [0.717, 1.165) is 22.4 Å². The second-order valence-electron chi connectivity index (χ2n) is 5.54. The van der Waals surface area contributed by atoms with Gasteiger partial charge in [0.1, 0.15) is 5.82 Å². The maximum Gasteiger partial charge on any atom is 0.132 e. The van der Waals surface area contributed by atoms with Gasteiger partial charge in [0.2, 0.25) is 0 Å². The van der Waals surface area contributed by atoms with E-state index in [4.69, 9.17) is 0 Å². The largest absolute Gasteiger partial charge is 0.268 e. The van der Waals surface area contributed by atoms with Crippen molar-refractivity contribution in [2.45, 2.75) is 25.2 Å². The molecule has 1 heterocycles. The summed E-state index contributed by atoms with van der Waals surface area (Å²) in [5.74, 6) is 1.40. The van der Waals surface area contributed by atoms with Crippen LogP contribution in [0.5, 0.6) is 0 Å². The number of hydrogen-bond donors (Lipinski definition) is 0. The summed E-state index contributed by atoms with van der Waals surface area (Å²) in [5.41, 5.74) is 1.77. The van der Waals surface area contributed by atoms with Crippen LogP contribution >= 0.6 is 0 Å². The number of fused-ring (bicyclic) bond motifs is 1. The van der Waals surface area contributed by atoms with E-state index in [-0.39, 0.29) is 0 Å². The molecule has 0 unspecified atom stereocenters. The molecule has 4 heteroatoms. The van der Waals surface area contributed by atoms with Crippen molar-refractivity contribution in [1.82, 2.24) is 9.97 Å². The molecule has 1 aromatic heterocycles. The Balaban J connectivity index is 2.25. The smallest absolute Gasteiger partial charge is 0.132 e. The van der Waals surface area contributed by atoms with Crippen LogP contribution in [-0.2, 0) is 9.52 Å². The van der Waals surface area contributed by atoms with Gasteiger partial charge in [-0.3, -0.25) is 4.21 Å². The molecule has 0 N–H and O–H groups in total. The van der Waals surface area contributed by atoms with E-state index in [0.29, 0.717) is 5.92 Å². The number of nitrogens with zero attached hydrogens (tertiary/aromatic N) is 2. The first-order valence-corrected chi connectivity index (χ1v) is 9.02. The molecule has 0 spiro atoms. The van der Waals surface area contributed by atoms with Gasteiger partial charge in [-0.15, -0.1) is 0 Å². The standard InChI is InChI=1S/C15H18N2OS/c1-19(2,18)10-14-12-8-3-4-9-13(12)16-15(17-14)11-6-5-7-11/h3-4,8-11H,5-7H2,1-2H3. The van der Waals surface area contributed by atoms with Crippen molar-refractivity contribution >= 4 is 25.8 Å². The second-order valence-corrected chi connectivity index (χ2v) is 8.39. The van der Waals surface area contributed by atoms with E-state index in [1.807, 2.05) is 24.3 Å². The van der Waals surface area contributed by atoms with Crippen LogP contribution in [0.3, 0.4) is 0 Å². The highest BCUT2D eigenvalue weighted by Gasteiger charge is 2.23. The van der Waals surface area contributed by atoms with Crippen LogP contribution in [0.15, 0.2) is 24.3 Å². The van der Waals surface area contributed by atoms with Crippen molar-refractivity contribution in [3.05, 3.63) is 35.8 Å². The third-order valence-electron chi connectivity index (χ3n) is 3.52. The predicted octanol–water partition coefficient (Wildman–Crippen LogP) is 2.59. The lowest BCUT2D eigenvalue weighted by Crippen LogP contribution is -2.14. The highest BCUT2D eigenvalue weighted by Crippen LogP contribution is 2.35. The Labute approximate surface area is 114 Å². The highest BCUT2D eigenvalue weighted by atomic mass is 32.2. The lowest BCUT2D eigenvalue weighted by Gasteiger charge is -2.24. The molecule has 0 bridgehead atoms. The summed E-state index contributed by atoms with van der Waals surface area (Å²) in [6.45, 7) is 0. The molecule has 1 aromatic carbocycles. The molecule has 1 fully saturated rings. The molecule has 3 nitrogen and oxygen atoms in total. The molecular weight excluding hydrogens is 256 g/mol. The van der Waals surface area contributed by atoms with Gasteiger partial charge in [0.25, 0.3) is 0 Å². The summed E-state index contributed by atoms with van der Waals surface area (Å²) in [4.78, 5) is 9.33. The average Bonchev–Trinajstić information content (AvgIpc) is 2.24. The van der Waals surface area contributed by atoms with E-state index in [2.05, 4.69) is 9.97 Å². The quantitative estimate of drug-likeness (QED) is 0.791. The SMILES string of the molecule is CS(C)(=O)=Cc1nc(C2CCC2)nc2ccccc12. The van der Waals surface area contributed by atoms with E-state index in [1.54, 1.807) is 17.9 Å². The fraction of sp³-hybridized carbons (Fsp3) is 0.400. The summed E-state index contributed by atoms with van der Waals surface area (Å²) in [5, 5.41) is 2.78. The predicted molar refractivity (Wildman–Crippen MR) is 81.3 cm³/mol. The third-order valence-corrected chi connectivity index (χ3v) is 4.31. The highest BCUT2D eigenvalue weighted by molar-refractivity contribution is 8.00. The van der Waals surface area contributed by atoms with Crippen molar-refractivity contribution in [2.24, 2.45) is 0 Å². The fourth-order valence-electron chi connectivity index (χ4n) is 2.33. The van der Waals surface area contributed by atoms with Crippen LogP contribution in [0.1, 0.15) is 36.7 Å². The number of aromatic nitrogens is 2. The van der Waals surface area contributed by atoms with Crippen molar-refractivity contribution in [1.29, 1.82) is 0 Å². The van der Waals surface area contributed by atoms with Gasteiger partial charge in [0.05, 0.1) is 11.2 Å². The second kappa shape index (κ2) is 4.60. The van der Waals surface area contributed by atoms with Crippen LogP contribution in [0.2, 0.25) is 0 Å². The van der Waals surface area contributed by atoms with Crippen LogP contribution in [0.25, 0.3) is 10.9 Å². The van der Waals surface area contributed by atoms with Crippen molar-refractivity contribution in [3.8, 4) is 0 Å². The molecule has 0 saturated heterocycles. The molecule has 1 aliphatic rings. The van der Waals surface area contributed by atoms with Crippen LogP contribution < -0.4 is 0 Å². The van der Waals surface area contributed by atoms with Crippen LogP contribution in [-0.4, -0.2) is 32.1 Å². The van der Waals surface area contributed by atoms with Gasteiger partial charge >= 0.3 is 0 Å². The maximum absolute atomic E-state index is 12.0. The molecule has 1 saturated carbocycles. The number of rotatable bonds is 2. The van der Waals surface area contributed by atoms with Gasteiger partial charge in [0.15, 0.2) is 0 Å². The molecule has 0 radical (unpaired) electrons. The topological polar surface area (TPSA) is 42.9 Å². The fourth-order valence-corrected chi connectivity index (χ4v) is 3.04. The molecule has 0 atom stereocenters. The molecular formula is C15H18N2OS. The van der Waals surface area contributed by atoms with E-state index < -0.39 is 9.52 Å². The Kier molecular flexibility index (Phi) is 3.05. The Morgan fingerprint density at radius 3 is 2.58 bits per heavy atom. The number of benzene rings is 1. The zero-order chi connectivity index (χ0) is 13.5. The lowest BCUT2D eigenvalue weighted by atomic mass is 9.84. The zero-order valence-electron chi connectivity index (χ0n) is 11.3. The summed E-state index contributed by atoms with van der Waals surface area (Å²) in [6, 6.07) is 7.96. The average molecular weight is 274 g/mol. The van der Waals surface area contributed by atoms with Crippen LogP contribution in [0.4, 0.5) is 0 Å². The third kappa shape index (κ3) is 2.63. The first-order valence-electron chi connectivity index (χ1n) is 6.58. The minimum Gasteiger partial charge on any atom is -0.268 e. The summed E-state index contributed by atoms with van der Waals surface area (Å²) >= 11 is 0. The molecule has 3 rings (SSSR count). The number of para-hydroxylation sites is 1. The maximum atomic E-state index is 12.0. The van der Waals surface area contributed by atoms with Gasteiger partial charge in [-0.2, -0.15) is 0 Å². The monoisotopic (exact) mass is 274 g/mol. The van der Waals surface area contributed by atoms with Gasteiger partial charge in [-0.25, -0.2) is 9.97 Å². The van der Waals surface area contributed by atoms with Gasteiger partial charge < -0.3 is 0 Å². The zero-order valence-corrected chi connectivity index (χ0v) is 12.1. The molecule has 1 aliphatic carbocycles. The Hall–Kier alpha value is -1.42. The van der Waals surface area contributed by atoms with Crippen molar-refractivity contribution < 1.29 is 4.21 Å². The minimum atomic E-state index is -1.97. The summed E-state index contributed by atoms with van der Waals surface area (Å²) < 4.78 is 12.0. The van der Waals surface area contributed by atoms with E-state index in [9.17, 15) is 4.21 Å². The first kappa shape index (κ1) is 12.6. The lowest BCUT2D eigenvalue weighted by molar-refractivity contribution is 0.402. The molecule has 0 amide bonds. The molecule has 0 aliphatic heterocycles. The summed E-state index contributed by atoms with van der Waals surface area (Å²) in [6.07, 6.45) is 7.09. The summed E-state index contributed by atoms with van der Waals surface area (Å²) in [7, 11) is -1.97. The number of hydrogen-bond acceptors (Lipinski definition) is 3. The normalized spacial score (nSPS) is 16.3. The Bertz CT molecular complexity index is 733. The van der Waals surface area contributed by atoms with Crippen molar-refractivity contribution in [3.63, 3.8) is 0 Å². The molecule has 19 heavy (non-hydrogen) atoms. The van der Waals surface area contributed by atoms with Gasteiger partial charge in [-0.05, 0) is 28.4 Å². The Morgan fingerprint density at radius 2 is 1.95 bits per heavy atom. The van der Waals surface area contributed by atoms with Gasteiger partial charge in [-0.1, -0.05) is 24.6 Å². The first-order chi connectivity index (χ1) is 9.03.